The maximum absolute atomic E-state index is 11.8. The number of amides is 1. The number of carbonyl (C=O) groups excluding carboxylic acids is 1. The number of rotatable bonds is 5. The largest absolute Gasteiger partial charge is 0.389 e. The van der Waals surface area contributed by atoms with Gasteiger partial charge in [0.25, 0.3) is 5.91 Å². The van der Waals surface area contributed by atoms with Crippen LogP contribution in [0.1, 0.15) is 29.6 Å². The first-order valence-corrected chi connectivity index (χ1v) is 5.45. The molecule has 0 aromatic carbocycles. The minimum atomic E-state index is -4.13. The number of halogens is 3. The molecule has 0 aliphatic heterocycles. The predicted octanol–water partition coefficient (Wildman–Crippen LogP) is 2.13. The van der Waals surface area contributed by atoms with Crippen LogP contribution in [0.4, 0.5) is 19.0 Å². The van der Waals surface area contributed by atoms with E-state index < -0.39 is 12.6 Å². The van der Waals surface area contributed by atoms with Gasteiger partial charge in [0.2, 0.25) is 0 Å². The second-order valence-electron chi connectivity index (χ2n) is 3.80. The molecule has 0 bridgehead atoms. The number of nitrogens with two attached hydrogens (primary N) is 1. The molecule has 1 rings (SSSR count). The lowest BCUT2D eigenvalue weighted by atomic mass is 10.2. The Bertz CT molecular complexity index is 390. The summed E-state index contributed by atoms with van der Waals surface area (Å²) >= 11 is 0. The Morgan fingerprint density at radius 3 is 2.61 bits per heavy atom. The van der Waals surface area contributed by atoms with Crippen LogP contribution in [0.2, 0.25) is 0 Å². The van der Waals surface area contributed by atoms with Crippen molar-refractivity contribution in [1.29, 1.82) is 0 Å². The van der Waals surface area contributed by atoms with Crippen molar-refractivity contribution in [3.63, 3.8) is 0 Å². The summed E-state index contributed by atoms with van der Waals surface area (Å²) in [5.41, 5.74) is 5.69. The Balaban J connectivity index is 2.24. The van der Waals surface area contributed by atoms with Crippen LogP contribution in [0.25, 0.3) is 0 Å². The zero-order chi connectivity index (χ0) is 13.6. The van der Waals surface area contributed by atoms with E-state index in [9.17, 15) is 18.0 Å². The van der Waals surface area contributed by atoms with E-state index in [0.29, 0.717) is 11.4 Å². The van der Waals surface area contributed by atoms with Crippen molar-refractivity contribution in [2.45, 2.75) is 25.4 Å². The number of nitrogen functional groups attached to an aromatic ring is 1. The minimum absolute atomic E-state index is 0.00374. The maximum Gasteiger partial charge on any atom is 0.389 e. The number of nitrogens with zero attached hydrogens (tertiary/aromatic N) is 1. The monoisotopic (exact) mass is 261 g/mol. The van der Waals surface area contributed by atoms with Gasteiger partial charge in [-0.05, 0) is 25.0 Å². The van der Waals surface area contributed by atoms with E-state index in [2.05, 4.69) is 10.3 Å². The molecule has 4 nitrogen and oxygen atoms in total. The molecule has 1 aromatic heterocycles. The van der Waals surface area contributed by atoms with Crippen molar-refractivity contribution in [3.05, 3.63) is 23.9 Å². The number of aromatic nitrogens is 1. The molecule has 0 unspecified atom stereocenters. The van der Waals surface area contributed by atoms with E-state index >= 15 is 0 Å². The van der Waals surface area contributed by atoms with Gasteiger partial charge in [-0.1, -0.05) is 0 Å². The summed E-state index contributed by atoms with van der Waals surface area (Å²) < 4.78 is 35.5. The topological polar surface area (TPSA) is 68.0 Å². The molecule has 0 aliphatic rings. The normalized spacial score (nSPS) is 11.3. The molecule has 1 aromatic rings. The molecule has 1 heterocycles. The summed E-state index contributed by atoms with van der Waals surface area (Å²) in [4.78, 5) is 15.2. The van der Waals surface area contributed by atoms with Gasteiger partial charge in [0.05, 0.1) is 5.56 Å². The van der Waals surface area contributed by atoms with Crippen LogP contribution in [0.5, 0.6) is 0 Å². The van der Waals surface area contributed by atoms with Gasteiger partial charge in [-0.3, -0.25) is 4.79 Å². The first-order valence-electron chi connectivity index (χ1n) is 5.45. The Hall–Kier alpha value is -1.79. The second-order valence-corrected chi connectivity index (χ2v) is 3.80. The summed E-state index contributed by atoms with van der Waals surface area (Å²) in [7, 11) is 0. The summed E-state index contributed by atoms with van der Waals surface area (Å²) in [6, 6.07) is 2.99. The van der Waals surface area contributed by atoms with Crippen LogP contribution in [0, 0.1) is 0 Å². The molecule has 18 heavy (non-hydrogen) atoms. The SMILES string of the molecule is Nc1ccc(C(=O)NCCCCC(F)(F)F)cn1. The number of hydrogen-bond acceptors (Lipinski definition) is 3. The smallest absolute Gasteiger partial charge is 0.384 e. The van der Waals surface area contributed by atoms with E-state index in [1.165, 1.54) is 18.3 Å². The standard InChI is InChI=1S/C11H14F3N3O/c12-11(13,14)5-1-2-6-16-10(18)8-3-4-9(15)17-7-8/h3-4,7H,1-2,5-6H2,(H2,15,17)(H,16,18). The lowest BCUT2D eigenvalue weighted by Crippen LogP contribution is -2.24. The van der Waals surface area contributed by atoms with Crippen molar-refractivity contribution in [2.75, 3.05) is 12.3 Å². The fraction of sp³-hybridized carbons (Fsp3) is 0.455. The van der Waals surface area contributed by atoms with Crippen LogP contribution in [-0.2, 0) is 0 Å². The fourth-order valence-electron chi connectivity index (χ4n) is 1.29. The van der Waals surface area contributed by atoms with Crippen LogP contribution in [0.3, 0.4) is 0 Å². The zero-order valence-corrected chi connectivity index (χ0v) is 9.63. The van der Waals surface area contributed by atoms with Crippen molar-refractivity contribution >= 4 is 11.7 Å². The van der Waals surface area contributed by atoms with E-state index in [1.807, 2.05) is 0 Å². The average Bonchev–Trinajstić information content (AvgIpc) is 2.27. The van der Waals surface area contributed by atoms with Gasteiger partial charge in [0, 0.05) is 19.2 Å². The minimum Gasteiger partial charge on any atom is -0.384 e. The Morgan fingerprint density at radius 1 is 1.33 bits per heavy atom. The molecule has 0 saturated carbocycles. The van der Waals surface area contributed by atoms with Gasteiger partial charge in [-0.25, -0.2) is 4.98 Å². The number of alkyl halides is 3. The third-order valence-corrected chi connectivity index (χ3v) is 2.22. The van der Waals surface area contributed by atoms with Crippen LogP contribution in [0.15, 0.2) is 18.3 Å². The summed E-state index contributed by atoms with van der Waals surface area (Å²) in [6.07, 6.45) is -3.35. The van der Waals surface area contributed by atoms with Gasteiger partial charge >= 0.3 is 6.18 Å². The quantitative estimate of drug-likeness (QED) is 0.798. The van der Waals surface area contributed by atoms with Gasteiger partial charge in [-0.2, -0.15) is 13.2 Å². The molecule has 0 aliphatic carbocycles. The van der Waals surface area contributed by atoms with Gasteiger partial charge in [0.1, 0.15) is 5.82 Å². The van der Waals surface area contributed by atoms with Crippen LogP contribution < -0.4 is 11.1 Å². The molecule has 1 amide bonds. The van der Waals surface area contributed by atoms with E-state index in [-0.39, 0.29) is 25.3 Å². The van der Waals surface area contributed by atoms with Crippen LogP contribution in [-0.4, -0.2) is 23.6 Å². The molecule has 0 saturated heterocycles. The molecule has 0 radical (unpaired) electrons. The molecular formula is C11H14F3N3O. The van der Waals surface area contributed by atoms with E-state index in [4.69, 9.17) is 5.73 Å². The number of unbranched alkanes of at least 4 members (excludes halogenated alkanes) is 1. The highest BCUT2D eigenvalue weighted by atomic mass is 19.4. The highest BCUT2D eigenvalue weighted by Gasteiger charge is 2.25. The number of anilines is 1. The van der Waals surface area contributed by atoms with Gasteiger partial charge in [-0.15, -0.1) is 0 Å². The Labute approximate surface area is 102 Å². The van der Waals surface area contributed by atoms with E-state index in [0.717, 1.165) is 0 Å². The lowest BCUT2D eigenvalue weighted by molar-refractivity contribution is -0.135. The zero-order valence-electron chi connectivity index (χ0n) is 9.63. The lowest BCUT2D eigenvalue weighted by Gasteiger charge is -2.07. The summed E-state index contributed by atoms with van der Waals surface area (Å²) in [5, 5.41) is 2.52. The van der Waals surface area contributed by atoms with Crippen LogP contribution >= 0.6 is 0 Å². The summed E-state index contributed by atoms with van der Waals surface area (Å²) in [5.74, 6) is -0.0637. The van der Waals surface area contributed by atoms with Crippen molar-refractivity contribution < 1.29 is 18.0 Å². The second kappa shape index (κ2) is 6.23. The van der Waals surface area contributed by atoms with Crippen molar-refractivity contribution in [2.24, 2.45) is 0 Å². The number of hydrogen-bond donors (Lipinski definition) is 2. The Kier molecular flexibility index (Phi) is 4.94. The molecule has 7 heteroatoms. The highest BCUT2D eigenvalue weighted by molar-refractivity contribution is 5.93. The van der Waals surface area contributed by atoms with Gasteiger partial charge < -0.3 is 11.1 Å². The highest BCUT2D eigenvalue weighted by Crippen LogP contribution is 2.21. The van der Waals surface area contributed by atoms with Gasteiger partial charge in [0.15, 0.2) is 0 Å². The van der Waals surface area contributed by atoms with E-state index in [1.54, 1.807) is 0 Å². The Morgan fingerprint density at radius 2 is 2.06 bits per heavy atom. The average molecular weight is 261 g/mol. The third kappa shape index (κ3) is 5.51. The first-order chi connectivity index (χ1) is 8.38. The number of pyridine rings is 1. The third-order valence-electron chi connectivity index (χ3n) is 2.22. The molecule has 0 atom stereocenters. The summed E-state index contributed by atoms with van der Waals surface area (Å²) in [6.45, 7) is 0.208. The molecular weight excluding hydrogens is 247 g/mol. The first kappa shape index (κ1) is 14.3. The molecule has 0 spiro atoms. The number of carbonyl (C=O) groups is 1. The van der Waals surface area contributed by atoms with Crippen molar-refractivity contribution in [3.8, 4) is 0 Å². The van der Waals surface area contributed by atoms with Crippen molar-refractivity contribution in [1.82, 2.24) is 10.3 Å². The predicted molar refractivity (Wildman–Crippen MR) is 60.9 cm³/mol. The maximum atomic E-state index is 11.8. The fourth-order valence-corrected chi connectivity index (χ4v) is 1.29. The number of nitrogens with one attached hydrogen (secondary N) is 1. The molecule has 3 N–H and O–H groups in total. The molecule has 0 fully saturated rings. The molecule has 100 valence electrons.